The van der Waals surface area contributed by atoms with Crippen LogP contribution in [0.2, 0.25) is 0 Å². The Labute approximate surface area is 126 Å². The molecule has 1 atom stereocenters. The molecule has 0 bridgehead atoms. The summed E-state index contributed by atoms with van der Waals surface area (Å²) in [4.78, 5) is 6.98. The highest BCUT2D eigenvalue weighted by atomic mass is 32.1. The summed E-state index contributed by atoms with van der Waals surface area (Å²) in [6, 6.07) is 0.256. The summed E-state index contributed by atoms with van der Waals surface area (Å²) in [7, 11) is 4.37. The minimum absolute atomic E-state index is 0.152. The van der Waals surface area contributed by atoms with Crippen molar-refractivity contribution in [2.75, 3.05) is 14.1 Å². The molecule has 1 saturated carbocycles. The Hall–Kier alpha value is -0.490. The van der Waals surface area contributed by atoms with E-state index in [-0.39, 0.29) is 11.6 Å². The first-order chi connectivity index (χ1) is 9.48. The number of thiazole rings is 1. The number of likely N-dealkylation sites (N-methyl/N-ethyl adjacent to an activating group) is 1. The van der Waals surface area contributed by atoms with Crippen molar-refractivity contribution in [3.05, 3.63) is 16.1 Å². The quantitative estimate of drug-likeness (QED) is 0.647. The average Bonchev–Trinajstić information content (AvgIpc) is 2.82. The van der Waals surface area contributed by atoms with E-state index >= 15 is 0 Å². The van der Waals surface area contributed by atoms with Gasteiger partial charge in [0, 0.05) is 23.4 Å². The Bertz CT molecular complexity index is 421. The second-order valence-electron chi connectivity index (χ2n) is 6.46. The fourth-order valence-corrected chi connectivity index (χ4v) is 4.11. The highest BCUT2D eigenvalue weighted by Crippen LogP contribution is 2.38. The molecule has 1 aliphatic rings. The first-order valence-corrected chi connectivity index (χ1v) is 8.40. The maximum Gasteiger partial charge on any atom is 0.0897 e. The van der Waals surface area contributed by atoms with Crippen molar-refractivity contribution in [1.29, 1.82) is 0 Å². The summed E-state index contributed by atoms with van der Waals surface area (Å²) in [6.45, 7) is 4.41. The molecule has 0 spiro atoms. The number of aromatic nitrogens is 1. The minimum atomic E-state index is 0.152. The van der Waals surface area contributed by atoms with Crippen LogP contribution in [0.4, 0.5) is 0 Å². The molecule has 20 heavy (non-hydrogen) atoms. The molecule has 2 rings (SSSR count). The third kappa shape index (κ3) is 3.22. The van der Waals surface area contributed by atoms with Gasteiger partial charge in [0.15, 0.2) is 0 Å². The van der Waals surface area contributed by atoms with E-state index in [0.717, 1.165) is 23.0 Å². The molecule has 0 amide bonds. The lowest BCUT2D eigenvalue weighted by Gasteiger charge is -2.49. The number of hydrazine groups is 1. The van der Waals surface area contributed by atoms with E-state index in [1.54, 1.807) is 11.3 Å². The minimum Gasteiger partial charge on any atom is -0.302 e. The predicted octanol–water partition coefficient (Wildman–Crippen LogP) is 2.34. The van der Waals surface area contributed by atoms with E-state index in [1.165, 1.54) is 25.7 Å². The summed E-state index contributed by atoms with van der Waals surface area (Å²) in [5.74, 6) is 6.75. The van der Waals surface area contributed by atoms with Gasteiger partial charge in [0.25, 0.3) is 0 Å². The van der Waals surface area contributed by atoms with Crippen molar-refractivity contribution in [3.63, 3.8) is 0 Å². The van der Waals surface area contributed by atoms with Gasteiger partial charge < -0.3 is 4.90 Å². The van der Waals surface area contributed by atoms with Gasteiger partial charge in [0.2, 0.25) is 0 Å². The van der Waals surface area contributed by atoms with Gasteiger partial charge in [-0.25, -0.2) is 4.98 Å². The van der Waals surface area contributed by atoms with Gasteiger partial charge in [-0.1, -0.05) is 6.92 Å². The molecular weight excluding hydrogens is 268 g/mol. The van der Waals surface area contributed by atoms with E-state index < -0.39 is 0 Å². The Kier molecular flexibility index (Phi) is 5.18. The SMILES string of the molecule is Cc1nc(CC(NN)C2(N(C)C)CCC(C)CC2)cs1. The summed E-state index contributed by atoms with van der Waals surface area (Å²) in [5.41, 5.74) is 4.40. The van der Waals surface area contributed by atoms with Gasteiger partial charge >= 0.3 is 0 Å². The lowest BCUT2D eigenvalue weighted by molar-refractivity contribution is 0.0431. The smallest absolute Gasteiger partial charge is 0.0897 e. The predicted molar refractivity (Wildman–Crippen MR) is 85.7 cm³/mol. The summed E-state index contributed by atoms with van der Waals surface area (Å²) in [5, 5.41) is 3.29. The van der Waals surface area contributed by atoms with Crippen molar-refractivity contribution >= 4 is 11.3 Å². The van der Waals surface area contributed by atoms with Gasteiger partial charge in [-0.3, -0.25) is 11.3 Å². The Morgan fingerprint density at radius 3 is 2.60 bits per heavy atom. The van der Waals surface area contributed by atoms with Crippen LogP contribution >= 0.6 is 11.3 Å². The third-order valence-corrected chi connectivity index (χ3v) is 5.78. The number of hydrogen-bond acceptors (Lipinski definition) is 5. The second-order valence-corrected chi connectivity index (χ2v) is 7.52. The topological polar surface area (TPSA) is 54.2 Å². The monoisotopic (exact) mass is 296 g/mol. The number of nitrogens with zero attached hydrogens (tertiary/aromatic N) is 2. The molecule has 114 valence electrons. The average molecular weight is 296 g/mol. The fourth-order valence-electron chi connectivity index (χ4n) is 3.48. The van der Waals surface area contributed by atoms with E-state index in [9.17, 15) is 0 Å². The van der Waals surface area contributed by atoms with Crippen LogP contribution in [0.1, 0.15) is 43.3 Å². The van der Waals surface area contributed by atoms with Gasteiger partial charge in [0.05, 0.1) is 10.7 Å². The fraction of sp³-hybridized carbons (Fsp3) is 0.800. The first kappa shape index (κ1) is 15.9. The lowest BCUT2D eigenvalue weighted by atomic mass is 9.71. The van der Waals surface area contributed by atoms with Crippen molar-refractivity contribution in [2.24, 2.45) is 11.8 Å². The Morgan fingerprint density at radius 2 is 2.15 bits per heavy atom. The summed E-state index contributed by atoms with van der Waals surface area (Å²) in [6.07, 6.45) is 5.89. The zero-order chi connectivity index (χ0) is 14.8. The third-order valence-electron chi connectivity index (χ3n) is 4.96. The highest BCUT2D eigenvalue weighted by molar-refractivity contribution is 7.09. The lowest BCUT2D eigenvalue weighted by Crippen LogP contribution is -2.62. The van der Waals surface area contributed by atoms with Crippen LogP contribution in [0, 0.1) is 12.8 Å². The number of nitrogens with two attached hydrogens (primary N) is 1. The van der Waals surface area contributed by atoms with Crippen molar-refractivity contribution in [1.82, 2.24) is 15.3 Å². The summed E-state index contributed by atoms with van der Waals surface area (Å²) < 4.78 is 0. The van der Waals surface area contributed by atoms with Gasteiger partial charge in [0.1, 0.15) is 0 Å². The van der Waals surface area contributed by atoms with Crippen LogP contribution in [-0.2, 0) is 6.42 Å². The molecule has 0 aliphatic heterocycles. The van der Waals surface area contributed by atoms with Gasteiger partial charge in [-0.2, -0.15) is 0 Å². The molecule has 1 fully saturated rings. The molecule has 1 aromatic rings. The first-order valence-electron chi connectivity index (χ1n) is 7.52. The number of hydrogen-bond donors (Lipinski definition) is 2. The molecule has 0 saturated heterocycles. The maximum absolute atomic E-state index is 5.91. The molecule has 3 N–H and O–H groups in total. The Balaban J connectivity index is 2.17. The Morgan fingerprint density at radius 1 is 1.50 bits per heavy atom. The van der Waals surface area contributed by atoms with Crippen LogP contribution in [0.3, 0.4) is 0 Å². The van der Waals surface area contributed by atoms with E-state index in [1.807, 2.05) is 0 Å². The number of nitrogens with one attached hydrogen (secondary N) is 1. The normalized spacial score (nSPS) is 28.8. The van der Waals surface area contributed by atoms with E-state index in [0.29, 0.717) is 0 Å². The number of aryl methyl sites for hydroxylation is 1. The molecule has 1 unspecified atom stereocenters. The van der Waals surface area contributed by atoms with Gasteiger partial charge in [-0.15, -0.1) is 11.3 Å². The number of rotatable bonds is 5. The molecule has 5 heteroatoms. The molecule has 0 aromatic carbocycles. The molecule has 1 aliphatic carbocycles. The van der Waals surface area contributed by atoms with Crippen LogP contribution in [-0.4, -0.2) is 35.6 Å². The molecule has 1 aromatic heterocycles. The van der Waals surface area contributed by atoms with Crippen LogP contribution in [0.25, 0.3) is 0 Å². The maximum atomic E-state index is 5.91. The summed E-state index contributed by atoms with van der Waals surface area (Å²) >= 11 is 1.72. The zero-order valence-electron chi connectivity index (χ0n) is 13.1. The second kappa shape index (κ2) is 6.52. The van der Waals surface area contributed by atoms with Crippen LogP contribution in [0.5, 0.6) is 0 Å². The largest absolute Gasteiger partial charge is 0.302 e. The van der Waals surface area contributed by atoms with Crippen molar-refractivity contribution in [3.8, 4) is 0 Å². The molecule has 0 radical (unpaired) electrons. The highest BCUT2D eigenvalue weighted by Gasteiger charge is 2.42. The van der Waals surface area contributed by atoms with Crippen LogP contribution < -0.4 is 11.3 Å². The molecular formula is C15H28N4S. The van der Waals surface area contributed by atoms with Crippen molar-refractivity contribution < 1.29 is 0 Å². The zero-order valence-corrected chi connectivity index (χ0v) is 14.0. The molecule has 4 nitrogen and oxygen atoms in total. The van der Waals surface area contributed by atoms with Gasteiger partial charge in [-0.05, 0) is 52.6 Å². The van der Waals surface area contributed by atoms with E-state index in [4.69, 9.17) is 5.84 Å². The van der Waals surface area contributed by atoms with Crippen LogP contribution in [0.15, 0.2) is 5.38 Å². The van der Waals surface area contributed by atoms with Crippen molar-refractivity contribution in [2.45, 2.75) is 57.5 Å². The van der Waals surface area contributed by atoms with E-state index in [2.05, 4.69) is 48.6 Å². The standard InChI is InChI=1S/C15H28N4S/c1-11-5-7-15(8-6-11,19(3)4)14(18-16)9-13-10-20-12(2)17-13/h10-11,14,18H,5-9,16H2,1-4H3. The molecule has 1 heterocycles.